The number of carbonyl (C=O) groups is 1. The van der Waals surface area contributed by atoms with Crippen LogP contribution in [0.15, 0.2) is 18.2 Å². The van der Waals surface area contributed by atoms with Gasteiger partial charge in [-0.05, 0) is 13.0 Å². The molecular weight excluding hydrogens is 262 g/mol. The van der Waals surface area contributed by atoms with Crippen molar-refractivity contribution < 1.29 is 14.8 Å². The zero-order valence-electron chi connectivity index (χ0n) is 11.9. The maximum Gasteiger partial charge on any atom is 0.269 e. The molecule has 0 radical (unpaired) electrons. The lowest BCUT2D eigenvalue weighted by atomic mass is 10.1. The van der Waals surface area contributed by atoms with Gasteiger partial charge in [0.2, 0.25) is 5.91 Å². The van der Waals surface area contributed by atoms with Crippen LogP contribution in [0.5, 0.6) is 0 Å². The van der Waals surface area contributed by atoms with Crippen molar-refractivity contribution in [2.45, 2.75) is 13.5 Å². The van der Waals surface area contributed by atoms with Crippen molar-refractivity contribution in [2.24, 2.45) is 0 Å². The molecule has 0 aliphatic heterocycles. The number of amides is 1. The third-order valence-corrected chi connectivity index (χ3v) is 2.99. The Kier molecular flexibility index (Phi) is 5.45. The third-order valence-electron chi connectivity index (χ3n) is 2.99. The van der Waals surface area contributed by atoms with E-state index in [4.69, 9.17) is 0 Å². The summed E-state index contributed by atoms with van der Waals surface area (Å²) in [6.45, 7) is 2.29. The van der Waals surface area contributed by atoms with Crippen molar-refractivity contribution in [3.05, 3.63) is 33.9 Å². The molecule has 0 atom stereocenters. The summed E-state index contributed by atoms with van der Waals surface area (Å²) in [6.07, 6.45) is 0. The van der Waals surface area contributed by atoms with E-state index in [9.17, 15) is 20.0 Å². The van der Waals surface area contributed by atoms with E-state index in [1.807, 2.05) is 6.92 Å². The topological polar surface area (TPSA) is 86.9 Å². The number of carbonyl (C=O) groups excluding carboxylic acids is 1. The largest absolute Gasteiger partial charge is 0.392 e. The number of nitrogens with zero attached hydrogens (tertiary/aromatic N) is 3. The summed E-state index contributed by atoms with van der Waals surface area (Å²) in [6, 6.07) is 4.27. The highest BCUT2D eigenvalue weighted by Gasteiger charge is 2.17. The summed E-state index contributed by atoms with van der Waals surface area (Å²) in [7, 11) is 3.33. The van der Waals surface area contributed by atoms with Gasteiger partial charge in [-0.25, -0.2) is 0 Å². The fourth-order valence-electron chi connectivity index (χ4n) is 1.79. The van der Waals surface area contributed by atoms with Crippen molar-refractivity contribution in [3.63, 3.8) is 0 Å². The fraction of sp³-hybridized carbons (Fsp3) is 0.462. The number of non-ortho nitro benzene ring substituents is 1. The summed E-state index contributed by atoms with van der Waals surface area (Å²) in [5.74, 6) is -0.0749. The molecule has 0 bridgehead atoms. The van der Waals surface area contributed by atoms with Gasteiger partial charge in [-0.3, -0.25) is 14.9 Å². The molecule has 0 spiro atoms. The molecule has 1 aromatic carbocycles. The third kappa shape index (κ3) is 3.67. The number of benzene rings is 1. The first-order valence-corrected chi connectivity index (χ1v) is 6.24. The van der Waals surface area contributed by atoms with E-state index < -0.39 is 4.92 Å². The fourth-order valence-corrected chi connectivity index (χ4v) is 1.79. The average Bonchev–Trinajstić information content (AvgIpc) is 2.43. The van der Waals surface area contributed by atoms with Crippen molar-refractivity contribution >= 4 is 17.3 Å². The van der Waals surface area contributed by atoms with Crippen LogP contribution in [0.1, 0.15) is 12.5 Å². The van der Waals surface area contributed by atoms with E-state index in [-0.39, 0.29) is 24.7 Å². The number of aliphatic hydroxyl groups is 1. The predicted molar refractivity (Wildman–Crippen MR) is 75.6 cm³/mol. The van der Waals surface area contributed by atoms with E-state index in [1.54, 1.807) is 25.1 Å². The summed E-state index contributed by atoms with van der Waals surface area (Å²) in [5, 5.41) is 20.1. The number of nitro benzene ring substituents is 1. The van der Waals surface area contributed by atoms with Gasteiger partial charge in [-0.15, -0.1) is 0 Å². The van der Waals surface area contributed by atoms with Crippen LogP contribution in [0.4, 0.5) is 11.4 Å². The van der Waals surface area contributed by atoms with E-state index in [1.165, 1.54) is 17.0 Å². The highest BCUT2D eigenvalue weighted by molar-refractivity contribution is 5.81. The smallest absolute Gasteiger partial charge is 0.269 e. The molecule has 0 aliphatic rings. The van der Waals surface area contributed by atoms with Gasteiger partial charge in [0.15, 0.2) is 0 Å². The molecule has 0 fully saturated rings. The molecule has 0 heterocycles. The maximum atomic E-state index is 11.8. The van der Waals surface area contributed by atoms with Crippen molar-refractivity contribution in [1.82, 2.24) is 4.90 Å². The Bertz CT molecular complexity index is 502. The molecule has 7 heteroatoms. The normalized spacial score (nSPS) is 10.2. The molecule has 0 aromatic heterocycles. The molecule has 0 saturated heterocycles. The van der Waals surface area contributed by atoms with Crippen molar-refractivity contribution in [3.8, 4) is 0 Å². The lowest BCUT2D eigenvalue weighted by molar-refractivity contribution is -0.384. The second kappa shape index (κ2) is 6.85. The van der Waals surface area contributed by atoms with Crippen LogP contribution in [0.3, 0.4) is 0 Å². The summed E-state index contributed by atoms with van der Waals surface area (Å²) >= 11 is 0. The van der Waals surface area contributed by atoms with Gasteiger partial charge < -0.3 is 14.9 Å². The molecule has 7 nitrogen and oxygen atoms in total. The van der Waals surface area contributed by atoms with Crippen molar-refractivity contribution in [1.29, 1.82) is 0 Å². The molecule has 1 N–H and O–H groups in total. The van der Waals surface area contributed by atoms with Crippen LogP contribution in [0.25, 0.3) is 0 Å². The highest BCUT2D eigenvalue weighted by Crippen LogP contribution is 2.25. The Morgan fingerprint density at radius 2 is 2.05 bits per heavy atom. The molecule has 1 amide bonds. The van der Waals surface area contributed by atoms with Gasteiger partial charge in [-0.1, -0.05) is 0 Å². The Hall–Kier alpha value is -2.15. The van der Waals surface area contributed by atoms with Gasteiger partial charge in [0.1, 0.15) is 0 Å². The number of hydrogen-bond donors (Lipinski definition) is 1. The Morgan fingerprint density at radius 1 is 1.40 bits per heavy atom. The quantitative estimate of drug-likeness (QED) is 0.621. The minimum atomic E-state index is -0.510. The first kappa shape index (κ1) is 15.9. The van der Waals surface area contributed by atoms with E-state index in [0.29, 0.717) is 17.8 Å². The number of nitro groups is 1. The Morgan fingerprint density at radius 3 is 2.50 bits per heavy atom. The second-order valence-electron chi connectivity index (χ2n) is 4.53. The van der Waals surface area contributed by atoms with Crippen molar-refractivity contribution in [2.75, 3.05) is 32.1 Å². The average molecular weight is 281 g/mol. The van der Waals surface area contributed by atoms with Gasteiger partial charge in [-0.2, -0.15) is 0 Å². The second-order valence-corrected chi connectivity index (χ2v) is 4.53. The molecule has 0 aliphatic carbocycles. The number of rotatable bonds is 6. The van der Waals surface area contributed by atoms with E-state index in [2.05, 4.69) is 0 Å². The lowest BCUT2D eigenvalue weighted by Crippen LogP contribution is -2.37. The molecule has 0 unspecified atom stereocenters. The number of anilines is 1. The summed E-state index contributed by atoms with van der Waals surface area (Å²) in [5.41, 5.74) is 0.996. The molecule has 1 rings (SSSR count). The minimum absolute atomic E-state index is 0.0749. The predicted octanol–water partition coefficient (Wildman–Crippen LogP) is 1.00. The van der Waals surface area contributed by atoms with Crippen LogP contribution in [-0.4, -0.2) is 48.0 Å². The van der Waals surface area contributed by atoms with Gasteiger partial charge in [0, 0.05) is 44.0 Å². The SMILES string of the molecule is CCN(CC(=O)N(C)C)c1ccc([N+](=O)[O-])cc1CO. The lowest BCUT2D eigenvalue weighted by Gasteiger charge is -2.26. The van der Waals surface area contributed by atoms with Gasteiger partial charge in [0.25, 0.3) is 5.69 Å². The molecular formula is C13H19N3O4. The maximum absolute atomic E-state index is 11.8. The van der Waals surface area contributed by atoms with Crippen LogP contribution in [0, 0.1) is 10.1 Å². The molecule has 110 valence electrons. The van der Waals surface area contributed by atoms with E-state index in [0.717, 1.165) is 0 Å². The first-order chi connectivity index (χ1) is 9.40. The number of likely N-dealkylation sites (N-methyl/N-ethyl adjacent to an activating group) is 2. The van der Waals surface area contributed by atoms with E-state index >= 15 is 0 Å². The van der Waals surface area contributed by atoms with Crippen LogP contribution >= 0.6 is 0 Å². The van der Waals surface area contributed by atoms with Crippen LogP contribution in [0.2, 0.25) is 0 Å². The first-order valence-electron chi connectivity index (χ1n) is 6.24. The number of hydrogen-bond acceptors (Lipinski definition) is 5. The number of aliphatic hydroxyl groups excluding tert-OH is 1. The Balaban J connectivity index is 3.08. The zero-order valence-corrected chi connectivity index (χ0v) is 11.9. The standard InChI is InChI=1S/C13H19N3O4/c1-4-15(8-13(18)14(2)3)12-6-5-11(16(19)20)7-10(12)9-17/h5-7,17H,4,8-9H2,1-3H3. The molecule has 0 saturated carbocycles. The van der Waals surface area contributed by atoms with Crippen LogP contribution < -0.4 is 4.90 Å². The van der Waals surface area contributed by atoms with Crippen LogP contribution in [-0.2, 0) is 11.4 Å². The summed E-state index contributed by atoms with van der Waals surface area (Å²) in [4.78, 5) is 25.3. The molecule has 20 heavy (non-hydrogen) atoms. The zero-order chi connectivity index (χ0) is 15.3. The monoisotopic (exact) mass is 281 g/mol. The molecule has 1 aromatic rings. The Labute approximate surface area is 117 Å². The highest BCUT2D eigenvalue weighted by atomic mass is 16.6. The summed E-state index contributed by atoms with van der Waals surface area (Å²) < 4.78 is 0. The minimum Gasteiger partial charge on any atom is -0.392 e. The van der Waals surface area contributed by atoms with Gasteiger partial charge >= 0.3 is 0 Å². The van der Waals surface area contributed by atoms with Gasteiger partial charge in [0.05, 0.1) is 18.1 Å².